The van der Waals surface area contributed by atoms with E-state index in [0.29, 0.717) is 4.83 Å². The molecule has 0 amide bonds. The van der Waals surface area contributed by atoms with Crippen molar-refractivity contribution in [2.75, 3.05) is 5.33 Å². The Labute approximate surface area is 68.3 Å². The van der Waals surface area contributed by atoms with Crippen molar-refractivity contribution >= 4 is 31.9 Å². The summed E-state index contributed by atoms with van der Waals surface area (Å²) in [6, 6.07) is 0. The highest BCUT2D eigenvalue weighted by atomic mass is 79.9. The second kappa shape index (κ2) is 4.80. The van der Waals surface area contributed by atoms with Gasteiger partial charge in [-0.25, -0.2) is 0 Å². The van der Waals surface area contributed by atoms with Crippen LogP contribution in [0, 0.1) is 5.92 Å². The molecule has 0 unspecified atom stereocenters. The third-order valence-electron chi connectivity index (χ3n) is 1.11. The van der Waals surface area contributed by atoms with Crippen LogP contribution in [0.5, 0.6) is 0 Å². The summed E-state index contributed by atoms with van der Waals surface area (Å²) in [7, 11) is 0. The van der Waals surface area contributed by atoms with Crippen LogP contribution in [-0.2, 0) is 0 Å². The van der Waals surface area contributed by atoms with E-state index in [0.717, 1.165) is 11.2 Å². The summed E-state index contributed by atoms with van der Waals surface area (Å²) in [4.78, 5) is 0.682. The van der Waals surface area contributed by atoms with Crippen molar-refractivity contribution in [2.45, 2.75) is 25.1 Å². The Balaban J connectivity index is 3.17. The molecule has 0 saturated heterocycles. The molecule has 0 nitrogen and oxygen atoms in total. The van der Waals surface area contributed by atoms with Gasteiger partial charge in [0, 0.05) is 10.2 Å². The van der Waals surface area contributed by atoms with E-state index in [4.69, 9.17) is 0 Å². The summed E-state index contributed by atoms with van der Waals surface area (Å²) in [5.41, 5.74) is 0. The SMILES string of the molecule is CC(C)[C@@H](Br)CCBr. The molecule has 2 heteroatoms. The van der Waals surface area contributed by atoms with E-state index < -0.39 is 0 Å². The molecule has 0 aromatic carbocycles. The number of hydrogen-bond acceptors (Lipinski definition) is 0. The van der Waals surface area contributed by atoms with Crippen LogP contribution in [0.4, 0.5) is 0 Å². The molecule has 1 atom stereocenters. The van der Waals surface area contributed by atoms with Crippen LogP contribution in [0.15, 0.2) is 0 Å². The molecule has 0 aliphatic rings. The number of hydrogen-bond donors (Lipinski definition) is 0. The van der Waals surface area contributed by atoms with Gasteiger partial charge in [-0.3, -0.25) is 0 Å². The van der Waals surface area contributed by atoms with Gasteiger partial charge in [0.15, 0.2) is 0 Å². The number of rotatable bonds is 3. The third kappa shape index (κ3) is 3.90. The highest BCUT2D eigenvalue weighted by molar-refractivity contribution is 9.10. The fraction of sp³-hybridized carbons (Fsp3) is 1.00. The summed E-state index contributed by atoms with van der Waals surface area (Å²) in [5.74, 6) is 0.757. The van der Waals surface area contributed by atoms with E-state index in [-0.39, 0.29) is 0 Å². The second-order valence-corrected chi connectivity index (χ2v) is 4.21. The molecule has 0 heterocycles. The minimum atomic E-state index is 0.682. The molecule has 0 N–H and O–H groups in total. The fourth-order valence-electron chi connectivity index (χ4n) is 0.438. The summed E-state index contributed by atoms with van der Waals surface area (Å²) < 4.78 is 0. The van der Waals surface area contributed by atoms with Gasteiger partial charge < -0.3 is 0 Å². The molecule has 0 aliphatic carbocycles. The Morgan fingerprint density at radius 1 is 1.38 bits per heavy atom. The molecule has 0 spiro atoms. The zero-order valence-electron chi connectivity index (χ0n) is 5.32. The predicted molar refractivity (Wildman–Crippen MR) is 46.0 cm³/mol. The Morgan fingerprint density at radius 3 is 2.00 bits per heavy atom. The normalized spacial score (nSPS) is 14.6. The van der Waals surface area contributed by atoms with E-state index in [1.54, 1.807) is 0 Å². The maximum atomic E-state index is 3.57. The van der Waals surface area contributed by atoms with E-state index in [1.807, 2.05) is 0 Å². The van der Waals surface area contributed by atoms with Crippen molar-refractivity contribution in [1.29, 1.82) is 0 Å². The Kier molecular flexibility index (Phi) is 5.38. The van der Waals surface area contributed by atoms with Gasteiger partial charge in [0.1, 0.15) is 0 Å². The lowest BCUT2D eigenvalue weighted by molar-refractivity contribution is 0.607. The van der Waals surface area contributed by atoms with Gasteiger partial charge in [0.2, 0.25) is 0 Å². The average molecular weight is 244 g/mol. The van der Waals surface area contributed by atoms with Crippen LogP contribution in [0.1, 0.15) is 20.3 Å². The Hall–Kier alpha value is 0.960. The predicted octanol–water partition coefficient (Wildman–Crippen LogP) is 3.19. The Bertz CT molecular complexity index is 52.5. The second-order valence-electron chi connectivity index (χ2n) is 2.24. The van der Waals surface area contributed by atoms with Gasteiger partial charge in [-0.2, -0.15) is 0 Å². The van der Waals surface area contributed by atoms with Crippen LogP contribution < -0.4 is 0 Å². The smallest absolute Gasteiger partial charge is 0.0176 e. The molecule has 0 aromatic rings. The standard InChI is InChI=1S/C6H12Br2/c1-5(2)6(8)3-4-7/h5-6H,3-4H2,1-2H3/t6-/m0/s1. The highest BCUT2D eigenvalue weighted by Gasteiger charge is 2.06. The maximum Gasteiger partial charge on any atom is 0.0176 e. The Morgan fingerprint density at radius 2 is 1.88 bits per heavy atom. The van der Waals surface area contributed by atoms with Crippen molar-refractivity contribution in [3.05, 3.63) is 0 Å². The lowest BCUT2D eigenvalue weighted by Crippen LogP contribution is -2.06. The topological polar surface area (TPSA) is 0 Å². The van der Waals surface area contributed by atoms with Crippen LogP contribution in [0.25, 0.3) is 0 Å². The lowest BCUT2D eigenvalue weighted by Gasteiger charge is -2.10. The molecule has 8 heavy (non-hydrogen) atoms. The van der Waals surface area contributed by atoms with Crippen LogP contribution in [0.2, 0.25) is 0 Å². The van der Waals surface area contributed by atoms with Gasteiger partial charge in [-0.05, 0) is 12.3 Å². The first-order valence-corrected chi connectivity index (χ1v) is 4.92. The summed E-state index contributed by atoms with van der Waals surface area (Å²) >= 11 is 6.96. The highest BCUT2D eigenvalue weighted by Crippen LogP contribution is 2.16. The van der Waals surface area contributed by atoms with Gasteiger partial charge in [-0.1, -0.05) is 45.7 Å². The largest absolute Gasteiger partial charge is 0.0928 e. The van der Waals surface area contributed by atoms with E-state index >= 15 is 0 Å². The lowest BCUT2D eigenvalue weighted by atomic mass is 10.1. The first kappa shape index (κ1) is 8.96. The first-order valence-electron chi connectivity index (χ1n) is 2.88. The van der Waals surface area contributed by atoms with Crippen LogP contribution in [0.3, 0.4) is 0 Å². The first-order chi connectivity index (χ1) is 3.68. The maximum absolute atomic E-state index is 3.57. The summed E-state index contributed by atoms with van der Waals surface area (Å²) in [6.45, 7) is 4.45. The number of alkyl halides is 2. The zero-order chi connectivity index (χ0) is 6.57. The minimum absolute atomic E-state index is 0.682. The molecule has 0 saturated carbocycles. The summed E-state index contributed by atoms with van der Waals surface area (Å²) in [6.07, 6.45) is 1.22. The van der Waals surface area contributed by atoms with Gasteiger partial charge in [0.25, 0.3) is 0 Å². The molecule has 50 valence electrons. The molecular weight excluding hydrogens is 232 g/mol. The quantitative estimate of drug-likeness (QED) is 0.668. The molecule has 0 bridgehead atoms. The summed E-state index contributed by atoms with van der Waals surface area (Å²) in [5, 5.41) is 1.10. The van der Waals surface area contributed by atoms with Crippen molar-refractivity contribution in [1.82, 2.24) is 0 Å². The van der Waals surface area contributed by atoms with Crippen LogP contribution in [-0.4, -0.2) is 10.2 Å². The minimum Gasteiger partial charge on any atom is -0.0928 e. The monoisotopic (exact) mass is 242 g/mol. The van der Waals surface area contributed by atoms with Crippen molar-refractivity contribution in [2.24, 2.45) is 5.92 Å². The van der Waals surface area contributed by atoms with Crippen molar-refractivity contribution in [3.8, 4) is 0 Å². The molecule has 0 fully saturated rings. The molecular formula is C6H12Br2. The van der Waals surface area contributed by atoms with E-state index in [9.17, 15) is 0 Å². The fourth-order valence-corrected chi connectivity index (χ4v) is 1.77. The van der Waals surface area contributed by atoms with Crippen LogP contribution >= 0.6 is 31.9 Å². The van der Waals surface area contributed by atoms with Crippen molar-refractivity contribution < 1.29 is 0 Å². The van der Waals surface area contributed by atoms with Gasteiger partial charge >= 0.3 is 0 Å². The average Bonchev–Trinajstić information content (AvgIpc) is 1.67. The molecule has 0 aliphatic heterocycles. The van der Waals surface area contributed by atoms with Crippen molar-refractivity contribution in [3.63, 3.8) is 0 Å². The van der Waals surface area contributed by atoms with E-state index in [2.05, 4.69) is 45.7 Å². The number of halogens is 2. The third-order valence-corrected chi connectivity index (χ3v) is 3.08. The molecule has 0 rings (SSSR count). The molecule has 0 radical (unpaired) electrons. The molecule has 0 aromatic heterocycles. The van der Waals surface area contributed by atoms with E-state index in [1.165, 1.54) is 6.42 Å². The van der Waals surface area contributed by atoms with Gasteiger partial charge in [0.05, 0.1) is 0 Å². The zero-order valence-corrected chi connectivity index (χ0v) is 8.50. The van der Waals surface area contributed by atoms with Gasteiger partial charge in [-0.15, -0.1) is 0 Å².